The van der Waals surface area contributed by atoms with Crippen LogP contribution in [0.1, 0.15) is 69.7 Å². The van der Waals surface area contributed by atoms with Gasteiger partial charge in [-0.1, -0.05) is 19.9 Å². The second-order valence-corrected chi connectivity index (χ2v) is 14.1. The van der Waals surface area contributed by atoms with Crippen LogP contribution in [0.5, 0.6) is 0 Å². The summed E-state index contributed by atoms with van der Waals surface area (Å²) in [6.45, 7) is 11.8. The summed E-state index contributed by atoms with van der Waals surface area (Å²) < 4.78 is 30.4. The van der Waals surface area contributed by atoms with Gasteiger partial charge in [0.15, 0.2) is 5.54 Å². The molecular formula is C31H41N3O4S. The fourth-order valence-electron chi connectivity index (χ4n) is 6.03. The van der Waals surface area contributed by atoms with E-state index in [0.29, 0.717) is 0 Å². The molecule has 39 heavy (non-hydrogen) atoms. The number of carboxylic acids is 1. The number of anilines is 1. The number of benzene rings is 2. The molecular weight excluding hydrogens is 510 g/mol. The predicted molar refractivity (Wildman–Crippen MR) is 157 cm³/mol. The van der Waals surface area contributed by atoms with Crippen LogP contribution in [0.25, 0.3) is 11.6 Å². The first-order chi connectivity index (χ1) is 18.1. The van der Waals surface area contributed by atoms with E-state index in [1.165, 1.54) is 28.0 Å². The van der Waals surface area contributed by atoms with Gasteiger partial charge in [0.05, 0.1) is 11.3 Å². The molecule has 0 saturated heterocycles. The van der Waals surface area contributed by atoms with Crippen molar-refractivity contribution < 1.29 is 18.3 Å². The Morgan fingerprint density at radius 2 is 1.72 bits per heavy atom. The number of carbonyl (C=O) groups excluding carboxylic acids is 1. The number of carbonyl (C=O) groups is 1. The highest BCUT2D eigenvalue weighted by atomic mass is 32.2. The van der Waals surface area contributed by atoms with Gasteiger partial charge >= 0.3 is 0 Å². The number of hydrogen-bond acceptors (Lipinski definition) is 5. The zero-order valence-electron chi connectivity index (χ0n) is 24.5. The van der Waals surface area contributed by atoms with E-state index < -0.39 is 16.0 Å². The molecule has 0 aromatic heterocycles. The van der Waals surface area contributed by atoms with Crippen molar-refractivity contribution in [3.63, 3.8) is 0 Å². The van der Waals surface area contributed by atoms with E-state index in [9.17, 15) is 18.3 Å². The zero-order valence-corrected chi connectivity index (χ0v) is 25.3. The van der Waals surface area contributed by atoms with Gasteiger partial charge in [-0.05, 0) is 77.6 Å². The molecule has 0 radical (unpaired) electrons. The van der Waals surface area contributed by atoms with Crippen LogP contribution in [0.2, 0.25) is 0 Å². The number of hydrogen-bond donors (Lipinski definition) is 0. The van der Waals surface area contributed by atoms with Crippen molar-refractivity contribution in [1.29, 1.82) is 0 Å². The van der Waals surface area contributed by atoms with Gasteiger partial charge in [0.2, 0.25) is 15.4 Å². The van der Waals surface area contributed by atoms with Crippen LogP contribution in [0.4, 0.5) is 5.69 Å². The summed E-state index contributed by atoms with van der Waals surface area (Å²) >= 11 is 0. The van der Waals surface area contributed by atoms with Gasteiger partial charge < -0.3 is 14.8 Å². The lowest BCUT2D eigenvalue weighted by Crippen LogP contribution is -2.51. The molecule has 0 atom stereocenters. The largest absolute Gasteiger partial charge is 0.550 e. The summed E-state index contributed by atoms with van der Waals surface area (Å²) in [5, 5.41) is 12.9. The number of aliphatic carboxylic acids is 1. The zero-order chi connectivity index (χ0) is 28.9. The van der Waals surface area contributed by atoms with E-state index in [1.807, 2.05) is 0 Å². The minimum absolute atomic E-state index is 0.138. The third-order valence-electron chi connectivity index (χ3n) is 8.22. The Morgan fingerprint density at radius 1 is 1.03 bits per heavy atom. The van der Waals surface area contributed by atoms with Crippen LogP contribution >= 0.6 is 0 Å². The Morgan fingerprint density at radius 3 is 2.33 bits per heavy atom. The average molecular weight is 552 g/mol. The third-order valence-corrected chi connectivity index (χ3v) is 10.0. The molecule has 0 bridgehead atoms. The Balaban J connectivity index is 1.87. The van der Waals surface area contributed by atoms with Gasteiger partial charge in [0, 0.05) is 64.7 Å². The molecule has 1 aliphatic carbocycles. The molecule has 8 heteroatoms. The molecule has 2 aromatic rings. The van der Waals surface area contributed by atoms with E-state index in [0.717, 1.165) is 33.9 Å². The van der Waals surface area contributed by atoms with Crippen molar-refractivity contribution >= 4 is 33.3 Å². The lowest BCUT2D eigenvalue weighted by molar-refractivity contribution is -0.305. The number of rotatable bonds is 9. The van der Waals surface area contributed by atoms with Gasteiger partial charge in [-0.2, -0.15) is 0 Å². The molecule has 210 valence electrons. The number of nitrogens with zero attached hydrogens (tertiary/aromatic N) is 3. The summed E-state index contributed by atoms with van der Waals surface area (Å²) in [5.74, 6) is -1.32. The maximum Gasteiger partial charge on any atom is 0.218 e. The topological polar surface area (TPSA) is 83.8 Å². The fraction of sp³-hybridized carbons (Fsp3) is 0.484. The Labute approximate surface area is 232 Å². The molecule has 2 aliphatic rings. The van der Waals surface area contributed by atoms with Gasteiger partial charge in [-0.25, -0.2) is 17.3 Å². The number of sulfonamides is 1. The maximum atomic E-state index is 13.4. The first-order valence-corrected chi connectivity index (χ1v) is 15.2. The molecule has 0 spiro atoms. The Bertz CT molecular complexity index is 1580. The molecule has 2 aromatic carbocycles. The maximum absolute atomic E-state index is 13.4. The molecule has 0 saturated carbocycles. The van der Waals surface area contributed by atoms with Crippen LogP contribution in [-0.2, 0) is 20.2 Å². The second-order valence-electron chi connectivity index (χ2n) is 12.0. The van der Waals surface area contributed by atoms with Crippen LogP contribution < -0.4 is 25.2 Å². The number of fused-ring (bicyclic) bond motifs is 3. The highest BCUT2D eigenvalue weighted by molar-refractivity contribution is 7.89. The van der Waals surface area contributed by atoms with Gasteiger partial charge in [0.25, 0.3) is 0 Å². The standard InChI is InChI=1S/C31H41N3O4S/c1-9-34-28-18-27-22(15-21-12-13-24(32(6)7)17-26(21)31(27,4)5)16-25(28)23(19-30(34,2)3)20-39(37,38)33(8)14-10-11-29(35)36/h12-13,15-19H,9-11,14,20H2,1-8H3. The normalized spacial score (nSPS) is 17.1. The summed E-state index contributed by atoms with van der Waals surface area (Å²) in [6, 6.07) is 11.0. The lowest BCUT2D eigenvalue weighted by Gasteiger charge is -2.34. The van der Waals surface area contributed by atoms with E-state index in [-0.39, 0.29) is 36.1 Å². The predicted octanol–water partition coefficient (Wildman–Crippen LogP) is 1.70. The van der Waals surface area contributed by atoms with Gasteiger partial charge in [-0.3, -0.25) is 0 Å². The summed E-state index contributed by atoms with van der Waals surface area (Å²) in [6.07, 6.45) is 4.33. The molecule has 4 rings (SSSR count). The van der Waals surface area contributed by atoms with Crippen molar-refractivity contribution in [3.05, 3.63) is 69.2 Å². The van der Waals surface area contributed by atoms with Crippen LogP contribution in [-0.4, -0.2) is 64.2 Å². The Kier molecular flexibility index (Phi) is 7.60. The van der Waals surface area contributed by atoms with Crippen molar-refractivity contribution in [3.8, 4) is 0 Å². The highest BCUT2D eigenvalue weighted by Crippen LogP contribution is 2.37. The summed E-state index contributed by atoms with van der Waals surface area (Å²) in [4.78, 5) is 12.9. The van der Waals surface area contributed by atoms with E-state index in [1.54, 1.807) is 0 Å². The van der Waals surface area contributed by atoms with E-state index in [4.69, 9.17) is 0 Å². The SMILES string of the molecule is CC[N+]1=c2cc3c(cc2C(CS(=O)(=O)N(C)CCCC(=O)[O-])=CC1(C)C)=Cc1ccc(N(C)C)cc1C3(C)C. The van der Waals surface area contributed by atoms with Crippen LogP contribution in [0.3, 0.4) is 0 Å². The number of likely N-dealkylation sites (N-methyl/N-ethyl adjacent to an activating group) is 1. The lowest BCUT2D eigenvalue weighted by atomic mass is 9.71. The van der Waals surface area contributed by atoms with E-state index >= 15 is 0 Å². The van der Waals surface area contributed by atoms with Crippen molar-refractivity contribution in [1.82, 2.24) is 8.88 Å². The molecule has 0 unspecified atom stereocenters. The average Bonchev–Trinajstić information content (AvgIpc) is 2.82. The van der Waals surface area contributed by atoms with Crippen molar-refractivity contribution in [2.24, 2.45) is 0 Å². The quantitative estimate of drug-likeness (QED) is 0.443. The number of carboxylic acid groups (broad SMARTS) is 1. The summed E-state index contributed by atoms with van der Waals surface area (Å²) in [7, 11) is 1.95. The summed E-state index contributed by atoms with van der Waals surface area (Å²) in [5.41, 5.74) is 5.91. The van der Waals surface area contributed by atoms with Crippen molar-refractivity contribution in [2.75, 3.05) is 44.9 Å². The van der Waals surface area contributed by atoms with Gasteiger partial charge in [-0.15, -0.1) is 0 Å². The molecule has 0 N–H and O–H groups in total. The Hall–Kier alpha value is -2.97. The molecule has 7 nitrogen and oxygen atoms in total. The third kappa shape index (κ3) is 5.41. The minimum atomic E-state index is -3.66. The first-order valence-electron chi connectivity index (χ1n) is 13.6. The molecule has 1 aliphatic heterocycles. The molecule has 0 amide bonds. The molecule has 1 heterocycles. The van der Waals surface area contributed by atoms with Crippen LogP contribution in [0.15, 0.2) is 36.4 Å². The van der Waals surface area contributed by atoms with Gasteiger partial charge in [0.1, 0.15) is 6.54 Å². The minimum Gasteiger partial charge on any atom is -0.550 e. The monoisotopic (exact) mass is 551 g/mol. The second kappa shape index (κ2) is 10.2. The smallest absolute Gasteiger partial charge is 0.218 e. The highest BCUT2D eigenvalue weighted by Gasteiger charge is 2.38. The van der Waals surface area contributed by atoms with E-state index in [2.05, 4.69) is 101 Å². The fourth-order valence-corrected chi connectivity index (χ4v) is 7.29. The molecule has 0 fully saturated rings. The first kappa shape index (κ1) is 29.0. The van der Waals surface area contributed by atoms with Crippen LogP contribution in [0, 0.1) is 0 Å². The van der Waals surface area contributed by atoms with Crippen molar-refractivity contribution in [2.45, 2.75) is 58.4 Å².